The largest absolute Gasteiger partial charge is 0.495 e. The van der Waals surface area contributed by atoms with Crippen molar-refractivity contribution < 1.29 is 27.1 Å². The Labute approximate surface area is 176 Å². The summed E-state index contributed by atoms with van der Waals surface area (Å²) in [5, 5.41) is 0. The zero-order valence-corrected chi connectivity index (χ0v) is 18.5. The van der Waals surface area contributed by atoms with E-state index in [0.717, 1.165) is 23.8 Å². The summed E-state index contributed by atoms with van der Waals surface area (Å²) in [5.41, 5.74) is 6.40. The molecule has 0 bridgehead atoms. The van der Waals surface area contributed by atoms with E-state index in [1.165, 1.54) is 20.3 Å². The molecule has 0 aliphatic carbocycles. The molecule has 30 heavy (non-hydrogen) atoms. The third-order valence-corrected chi connectivity index (χ3v) is 6.51. The van der Waals surface area contributed by atoms with Crippen molar-refractivity contribution >= 4 is 21.7 Å². The van der Waals surface area contributed by atoms with Gasteiger partial charge in [0.2, 0.25) is 0 Å². The highest BCUT2D eigenvalue weighted by Gasteiger charge is 2.28. The van der Waals surface area contributed by atoms with Gasteiger partial charge in [0.25, 0.3) is 10.0 Å². The number of ether oxygens (including phenoxy) is 2. The van der Waals surface area contributed by atoms with Crippen LogP contribution in [0.5, 0.6) is 5.75 Å². The third kappa shape index (κ3) is 4.73. The Bertz CT molecular complexity index is 1040. The SMILES string of the molecule is COC(=O)c1c(NS(=O)(=O)c2ccc(F)cc2CN)ccc(C(C)C(C)C)c1OC. The van der Waals surface area contributed by atoms with Crippen LogP contribution in [0.15, 0.2) is 35.2 Å². The van der Waals surface area contributed by atoms with Gasteiger partial charge in [-0.3, -0.25) is 4.72 Å². The molecule has 1 unspecified atom stereocenters. The van der Waals surface area contributed by atoms with Crippen molar-refractivity contribution in [1.29, 1.82) is 0 Å². The van der Waals surface area contributed by atoms with Crippen molar-refractivity contribution in [3.8, 4) is 5.75 Å². The highest BCUT2D eigenvalue weighted by Crippen LogP contribution is 2.39. The summed E-state index contributed by atoms with van der Waals surface area (Å²) in [5.74, 6) is -0.825. The Hall–Kier alpha value is -2.65. The summed E-state index contributed by atoms with van der Waals surface area (Å²) >= 11 is 0. The minimum atomic E-state index is -4.17. The molecule has 0 radical (unpaired) electrons. The molecule has 1 atom stereocenters. The number of benzene rings is 2. The second-order valence-electron chi connectivity index (χ2n) is 7.20. The molecule has 7 nitrogen and oxygen atoms in total. The minimum Gasteiger partial charge on any atom is -0.495 e. The van der Waals surface area contributed by atoms with E-state index in [9.17, 15) is 17.6 Å². The van der Waals surface area contributed by atoms with Crippen LogP contribution in [-0.4, -0.2) is 28.6 Å². The van der Waals surface area contributed by atoms with E-state index < -0.39 is 21.8 Å². The van der Waals surface area contributed by atoms with E-state index in [0.29, 0.717) is 0 Å². The standard InChI is InChI=1S/C21H27FN2O5S/c1-12(2)13(3)16-7-8-17(19(20(16)28-4)21(25)29-5)24-30(26,27)18-9-6-15(22)10-14(18)11-23/h6-10,12-13,24H,11,23H2,1-5H3. The number of methoxy groups -OCH3 is 2. The smallest absolute Gasteiger partial charge is 0.343 e. The van der Waals surface area contributed by atoms with Crippen molar-refractivity contribution in [2.45, 2.75) is 38.1 Å². The van der Waals surface area contributed by atoms with Crippen LogP contribution in [0.4, 0.5) is 10.1 Å². The fraction of sp³-hybridized carbons (Fsp3) is 0.381. The van der Waals surface area contributed by atoms with Gasteiger partial charge in [0, 0.05) is 6.54 Å². The van der Waals surface area contributed by atoms with E-state index in [4.69, 9.17) is 15.2 Å². The molecule has 0 aliphatic rings. The maximum absolute atomic E-state index is 13.5. The van der Waals surface area contributed by atoms with Crippen LogP contribution < -0.4 is 15.2 Å². The summed E-state index contributed by atoms with van der Waals surface area (Å²) in [7, 11) is -1.57. The lowest BCUT2D eigenvalue weighted by Crippen LogP contribution is -2.20. The highest BCUT2D eigenvalue weighted by atomic mass is 32.2. The maximum atomic E-state index is 13.5. The average molecular weight is 439 g/mol. The van der Waals surface area contributed by atoms with Crippen molar-refractivity contribution in [1.82, 2.24) is 0 Å². The molecular formula is C21H27FN2O5S. The van der Waals surface area contributed by atoms with E-state index in [2.05, 4.69) is 4.72 Å². The van der Waals surface area contributed by atoms with Crippen molar-refractivity contribution in [2.24, 2.45) is 11.7 Å². The predicted octanol–water partition coefficient (Wildman–Crippen LogP) is 3.64. The van der Waals surface area contributed by atoms with E-state index in [-0.39, 0.29) is 45.8 Å². The lowest BCUT2D eigenvalue weighted by molar-refractivity contribution is 0.0598. The summed E-state index contributed by atoms with van der Waals surface area (Å²) in [4.78, 5) is 12.4. The van der Waals surface area contributed by atoms with Crippen molar-refractivity contribution in [2.75, 3.05) is 18.9 Å². The molecule has 0 amide bonds. The Morgan fingerprint density at radius 3 is 2.37 bits per heavy atom. The number of halogens is 1. The van der Waals surface area contributed by atoms with Crippen molar-refractivity contribution in [3.05, 3.63) is 52.8 Å². The molecule has 3 N–H and O–H groups in total. The van der Waals surface area contributed by atoms with Gasteiger partial charge in [0.05, 0.1) is 24.8 Å². The zero-order chi connectivity index (χ0) is 22.6. The molecule has 0 aliphatic heterocycles. The molecule has 0 saturated heterocycles. The highest BCUT2D eigenvalue weighted by molar-refractivity contribution is 7.92. The van der Waals surface area contributed by atoms with Gasteiger partial charge in [-0.2, -0.15) is 0 Å². The fourth-order valence-electron chi connectivity index (χ4n) is 3.10. The molecule has 0 aromatic heterocycles. The van der Waals surface area contributed by atoms with Gasteiger partial charge >= 0.3 is 5.97 Å². The lowest BCUT2D eigenvalue weighted by Gasteiger charge is -2.23. The summed E-state index contributed by atoms with van der Waals surface area (Å²) in [6.45, 7) is 5.87. The molecule has 0 saturated carbocycles. The average Bonchev–Trinajstić information content (AvgIpc) is 2.71. The molecule has 0 spiro atoms. The molecule has 0 heterocycles. The number of anilines is 1. The number of esters is 1. The number of nitrogens with two attached hydrogens (primary N) is 1. The van der Waals surface area contributed by atoms with Crippen LogP contribution in [0.3, 0.4) is 0 Å². The number of carbonyl (C=O) groups is 1. The van der Waals surface area contributed by atoms with Gasteiger partial charge in [-0.15, -0.1) is 0 Å². The Morgan fingerprint density at radius 2 is 1.83 bits per heavy atom. The first-order valence-corrected chi connectivity index (χ1v) is 10.9. The number of hydrogen-bond donors (Lipinski definition) is 2. The van der Waals surface area contributed by atoms with Crippen LogP contribution in [0, 0.1) is 11.7 Å². The first kappa shape index (κ1) is 23.6. The van der Waals surface area contributed by atoms with Gasteiger partial charge in [-0.05, 0) is 47.2 Å². The topological polar surface area (TPSA) is 108 Å². The normalized spacial score (nSPS) is 12.5. The van der Waals surface area contributed by atoms with E-state index in [1.54, 1.807) is 6.07 Å². The van der Waals surface area contributed by atoms with Crippen molar-refractivity contribution in [3.63, 3.8) is 0 Å². The Balaban J connectivity index is 2.65. The van der Waals surface area contributed by atoms with Crippen LogP contribution in [0.1, 0.15) is 48.2 Å². The van der Waals surface area contributed by atoms with Gasteiger partial charge in [0.1, 0.15) is 17.1 Å². The first-order chi connectivity index (χ1) is 14.1. The molecule has 9 heteroatoms. The molecule has 2 aromatic rings. The molecule has 0 fully saturated rings. The number of nitrogens with one attached hydrogen (secondary N) is 1. The van der Waals surface area contributed by atoms with E-state index >= 15 is 0 Å². The van der Waals surface area contributed by atoms with Crippen LogP contribution in [-0.2, 0) is 21.3 Å². The summed E-state index contributed by atoms with van der Waals surface area (Å²) < 4.78 is 52.3. The molecule has 2 rings (SSSR count). The number of hydrogen-bond acceptors (Lipinski definition) is 6. The lowest BCUT2D eigenvalue weighted by atomic mass is 9.88. The van der Waals surface area contributed by atoms with Gasteiger partial charge in [0.15, 0.2) is 0 Å². The fourth-order valence-corrected chi connectivity index (χ4v) is 4.40. The Morgan fingerprint density at radius 1 is 1.17 bits per heavy atom. The summed E-state index contributed by atoms with van der Waals surface area (Å²) in [6, 6.07) is 6.42. The van der Waals surface area contributed by atoms with Gasteiger partial charge in [-0.1, -0.05) is 26.8 Å². The van der Waals surface area contributed by atoms with E-state index in [1.807, 2.05) is 20.8 Å². The van der Waals surface area contributed by atoms with Gasteiger partial charge in [-0.25, -0.2) is 17.6 Å². The maximum Gasteiger partial charge on any atom is 0.343 e. The van der Waals surface area contributed by atoms with Crippen LogP contribution in [0.25, 0.3) is 0 Å². The monoisotopic (exact) mass is 438 g/mol. The minimum absolute atomic E-state index is 0.00861. The number of carbonyl (C=O) groups excluding carboxylic acids is 1. The van der Waals surface area contributed by atoms with Crippen LogP contribution >= 0.6 is 0 Å². The second kappa shape index (κ2) is 9.44. The third-order valence-electron chi connectivity index (χ3n) is 5.05. The number of rotatable bonds is 8. The Kier molecular flexibility index (Phi) is 7.44. The first-order valence-electron chi connectivity index (χ1n) is 9.37. The quantitative estimate of drug-likeness (QED) is 0.609. The molecular weight excluding hydrogens is 411 g/mol. The summed E-state index contributed by atoms with van der Waals surface area (Å²) in [6.07, 6.45) is 0. The van der Waals surface area contributed by atoms with Crippen LogP contribution in [0.2, 0.25) is 0 Å². The zero-order valence-electron chi connectivity index (χ0n) is 17.7. The second-order valence-corrected chi connectivity index (χ2v) is 8.85. The predicted molar refractivity (Wildman–Crippen MR) is 113 cm³/mol. The molecule has 164 valence electrons. The van der Waals surface area contributed by atoms with Gasteiger partial charge < -0.3 is 15.2 Å². The number of sulfonamides is 1. The molecule has 2 aromatic carbocycles.